The summed E-state index contributed by atoms with van der Waals surface area (Å²) in [6, 6.07) is 19.1. The van der Waals surface area contributed by atoms with Crippen molar-refractivity contribution < 1.29 is 22.7 Å². The van der Waals surface area contributed by atoms with Crippen LogP contribution in [0.4, 0.5) is 5.69 Å². The quantitative estimate of drug-likeness (QED) is 0.201. The third kappa shape index (κ3) is 6.55. The highest BCUT2D eigenvalue weighted by molar-refractivity contribution is 7.94. The van der Waals surface area contributed by atoms with Gasteiger partial charge >= 0.3 is 5.63 Å². The molecule has 1 unspecified atom stereocenters. The summed E-state index contributed by atoms with van der Waals surface area (Å²) >= 11 is 1.09. The van der Waals surface area contributed by atoms with Crippen molar-refractivity contribution in [1.82, 2.24) is 5.32 Å². The number of benzene rings is 2. The highest BCUT2D eigenvalue weighted by Gasteiger charge is 2.38. The highest BCUT2D eigenvalue weighted by atomic mass is 32.2. The molecule has 6 rings (SSSR count). The molecule has 2 aromatic carbocycles. The van der Waals surface area contributed by atoms with E-state index >= 15 is 0 Å². The smallest absolute Gasteiger partial charge is 0.343 e. The lowest BCUT2D eigenvalue weighted by atomic mass is 9.85. The van der Waals surface area contributed by atoms with E-state index in [-0.39, 0.29) is 33.9 Å². The largest absolute Gasteiger partial charge is 0.507 e. The zero-order valence-corrected chi connectivity index (χ0v) is 25.3. The van der Waals surface area contributed by atoms with Gasteiger partial charge in [-0.15, -0.1) is 11.3 Å². The molecule has 43 heavy (non-hydrogen) atoms. The normalized spacial score (nSPS) is 16.0. The van der Waals surface area contributed by atoms with Gasteiger partial charge in [0, 0.05) is 34.0 Å². The van der Waals surface area contributed by atoms with E-state index in [4.69, 9.17) is 4.42 Å². The van der Waals surface area contributed by atoms with Crippen LogP contribution in [0.25, 0.3) is 0 Å². The minimum Gasteiger partial charge on any atom is -0.507 e. The monoisotopic (exact) mass is 618 g/mol. The molecule has 1 saturated carbocycles. The van der Waals surface area contributed by atoms with Crippen molar-refractivity contribution in [3.05, 3.63) is 110 Å². The van der Waals surface area contributed by atoms with Crippen LogP contribution >= 0.6 is 11.3 Å². The Morgan fingerprint density at radius 1 is 0.977 bits per heavy atom. The predicted molar refractivity (Wildman–Crippen MR) is 166 cm³/mol. The van der Waals surface area contributed by atoms with Crippen LogP contribution in [0.1, 0.15) is 82.1 Å². The van der Waals surface area contributed by atoms with Crippen LogP contribution in [0.5, 0.6) is 5.75 Å². The fraction of sp³-hybridized carbons (Fsp3) is 0.333. The van der Waals surface area contributed by atoms with E-state index in [0.29, 0.717) is 34.7 Å². The van der Waals surface area contributed by atoms with Crippen molar-refractivity contribution in [2.45, 2.75) is 68.0 Å². The molecule has 2 heterocycles. The summed E-state index contributed by atoms with van der Waals surface area (Å²) in [6.45, 7) is 0.208. The summed E-state index contributed by atoms with van der Waals surface area (Å²) in [4.78, 5) is 26.3. The molecule has 0 radical (unpaired) electrons. The molecule has 10 heteroatoms. The third-order valence-corrected chi connectivity index (χ3v) is 11.1. The molecule has 0 spiro atoms. The highest BCUT2D eigenvalue weighted by Crippen LogP contribution is 2.49. The molecule has 3 N–H and O–H groups in total. The lowest BCUT2D eigenvalue weighted by molar-refractivity contribution is 0.0951. The number of hydrogen-bond donors (Lipinski definition) is 3. The molecule has 2 aliphatic rings. The number of anilines is 1. The van der Waals surface area contributed by atoms with E-state index in [2.05, 4.69) is 10.0 Å². The number of hydrogen-bond acceptors (Lipinski definition) is 7. The standard InChI is InChI=1S/C33H34N2O6S2/c36-31-26-13-6-1-2-7-14-27(26)41-33(38)30(31)29(21-15-16-21)23-11-8-12-24(19-23)35-43(39,40)28-18-17-25(42-28)20-34-32(37)22-9-4-3-5-10-22/h3-5,8-12,17-19,21,29,35-36H,1-2,6-7,13-16,20H2,(H,34,37). The Morgan fingerprint density at radius 3 is 2.51 bits per heavy atom. The van der Waals surface area contributed by atoms with Gasteiger partial charge in [0.2, 0.25) is 0 Å². The first-order valence-electron chi connectivity index (χ1n) is 14.7. The Balaban J connectivity index is 1.22. The van der Waals surface area contributed by atoms with Crippen LogP contribution in [0, 0.1) is 5.92 Å². The Kier molecular flexibility index (Phi) is 8.41. The molecule has 8 nitrogen and oxygen atoms in total. The van der Waals surface area contributed by atoms with Gasteiger partial charge in [-0.05, 0) is 80.0 Å². The average molecular weight is 619 g/mol. The first-order chi connectivity index (χ1) is 20.8. The maximum Gasteiger partial charge on any atom is 0.343 e. The van der Waals surface area contributed by atoms with Crippen molar-refractivity contribution >= 4 is 33.0 Å². The summed E-state index contributed by atoms with van der Waals surface area (Å²) in [7, 11) is -3.90. The molecule has 1 atom stereocenters. The molecule has 2 aromatic heterocycles. The molecular formula is C33H34N2O6S2. The van der Waals surface area contributed by atoms with Crippen LogP contribution in [0.15, 0.2) is 80.2 Å². The minimum absolute atomic E-state index is 0.0431. The summed E-state index contributed by atoms with van der Waals surface area (Å²) in [6.07, 6.45) is 7.17. The summed E-state index contributed by atoms with van der Waals surface area (Å²) in [5.41, 5.74) is 2.17. The number of carbonyl (C=O) groups is 1. The fourth-order valence-electron chi connectivity index (χ4n) is 5.86. The van der Waals surface area contributed by atoms with E-state index in [1.54, 1.807) is 48.5 Å². The maximum atomic E-state index is 13.3. The zero-order chi connectivity index (χ0) is 30.0. The summed E-state index contributed by atoms with van der Waals surface area (Å²) < 4.78 is 35.2. The van der Waals surface area contributed by atoms with Gasteiger partial charge in [0.1, 0.15) is 15.7 Å². The number of sulfonamides is 1. The Labute approximate surface area is 254 Å². The van der Waals surface area contributed by atoms with Crippen molar-refractivity contribution in [2.75, 3.05) is 4.72 Å². The van der Waals surface area contributed by atoms with Crippen molar-refractivity contribution in [3.63, 3.8) is 0 Å². The maximum absolute atomic E-state index is 13.3. The topological polar surface area (TPSA) is 126 Å². The summed E-state index contributed by atoms with van der Waals surface area (Å²) in [5.74, 6) is 0.179. The number of thiophene rings is 1. The third-order valence-electron chi connectivity index (χ3n) is 8.16. The van der Waals surface area contributed by atoms with Crippen LogP contribution in [0.2, 0.25) is 0 Å². The molecule has 0 saturated heterocycles. The molecule has 2 aliphatic carbocycles. The van der Waals surface area contributed by atoms with Gasteiger partial charge in [-0.25, -0.2) is 13.2 Å². The second-order valence-electron chi connectivity index (χ2n) is 11.3. The SMILES string of the molecule is O=C(NCc1ccc(S(=O)(=O)Nc2cccc(C(c3c(O)c4c(oc3=O)CCCCCC4)C3CC3)c2)s1)c1ccccc1. The van der Waals surface area contributed by atoms with Crippen molar-refractivity contribution in [3.8, 4) is 5.75 Å². The van der Waals surface area contributed by atoms with E-state index in [1.807, 2.05) is 12.1 Å². The lowest BCUT2D eigenvalue weighted by Gasteiger charge is -2.22. The molecule has 1 fully saturated rings. The predicted octanol–water partition coefficient (Wildman–Crippen LogP) is 6.34. The van der Waals surface area contributed by atoms with E-state index in [1.165, 1.54) is 6.07 Å². The average Bonchev–Trinajstić information content (AvgIpc) is 3.70. The van der Waals surface area contributed by atoms with Gasteiger partial charge in [0.15, 0.2) is 0 Å². The van der Waals surface area contributed by atoms with E-state index in [0.717, 1.165) is 61.0 Å². The second kappa shape index (κ2) is 12.4. The first kappa shape index (κ1) is 29.2. The van der Waals surface area contributed by atoms with Crippen molar-refractivity contribution in [2.24, 2.45) is 5.92 Å². The Bertz CT molecular complexity index is 1790. The van der Waals surface area contributed by atoms with Gasteiger partial charge in [-0.1, -0.05) is 43.2 Å². The number of aromatic hydroxyl groups is 1. The number of rotatable bonds is 9. The van der Waals surface area contributed by atoms with Crippen LogP contribution in [-0.2, 0) is 29.4 Å². The number of aryl methyl sites for hydroxylation is 1. The number of nitrogens with one attached hydrogen (secondary N) is 2. The Morgan fingerprint density at radius 2 is 1.74 bits per heavy atom. The van der Waals surface area contributed by atoms with Crippen LogP contribution in [-0.4, -0.2) is 19.4 Å². The zero-order valence-electron chi connectivity index (χ0n) is 23.7. The lowest BCUT2D eigenvalue weighted by Crippen LogP contribution is -2.22. The number of fused-ring (bicyclic) bond motifs is 1. The molecule has 0 bridgehead atoms. The van der Waals surface area contributed by atoms with Crippen LogP contribution < -0.4 is 15.7 Å². The van der Waals surface area contributed by atoms with E-state index < -0.39 is 21.6 Å². The molecule has 0 aliphatic heterocycles. The van der Waals surface area contributed by atoms with Crippen LogP contribution in [0.3, 0.4) is 0 Å². The fourth-order valence-corrected chi connectivity index (χ4v) is 8.20. The first-order valence-corrected chi connectivity index (χ1v) is 17.0. The molecular weight excluding hydrogens is 585 g/mol. The van der Waals surface area contributed by atoms with Crippen molar-refractivity contribution in [1.29, 1.82) is 0 Å². The van der Waals surface area contributed by atoms with Gasteiger partial charge in [0.05, 0.1) is 12.1 Å². The minimum atomic E-state index is -3.90. The molecule has 224 valence electrons. The van der Waals surface area contributed by atoms with Gasteiger partial charge in [0.25, 0.3) is 15.9 Å². The van der Waals surface area contributed by atoms with E-state index in [9.17, 15) is 23.1 Å². The second-order valence-corrected chi connectivity index (χ2v) is 14.4. The number of amides is 1. The summed E-state index contributed by atoms with van der Waals surface area (Å²) in [5, 5.41) is 14.2. The molecule has 4 aromatic rings. The van der Waals surface area contributed by atoms with Gasteiger partial charge in [-0.3, -0.25) is 9.52 Å². The van der Waals surface area contributed by atoms with Gasteiger partial charge < -0.3 is 14.8 Å². The van der Waals surface area contributed by atoms with Gasteiger partial charge in [-0.2, -0.15) is 0 Å². The number of carbonyl (C=O) groups excluding carboxylic acids is 1. The molecule has 1 amide bonds. The Hall–Kier alpha value is -3.89.